The van der Waals surface area contributed by atoms with Gasteiger partial charge in [0.05, 0.1) is 23.6 Å². The van der Waals surface area contributed by atoms with E-state index in [1.54, 1.807) is 6.07 Å². The molecule has 0 aliphatic heterocycles. The summed E-state index contributed by atoms with van der Waals surface area (Å²) < 4.78 is 5.75. The molecule has 7 heteroatoms. The van der Waals surface area contributed by atoms with Crippen LogP contribution >= 0.6 is 11.8 Å². The summed E-state index contributed by atoms with van der Waals surface area (Å²) in [6.07, 6.45) is 0. The fraction of sp³-hybridized carbons (Fsp3) is 0.167. The van der Waals surface area contributed by atoms with E-state index in [4.69, 9.17) is 10.6 Å². The number of aromatic nitrogens is 2. The molecule has 2 N–H and O–H groups in total. The number of ether oxygens (including phenoxy) is 1. The van der Waals surface area contributed by atoms with E-state index in [0.717, 1.165) is 15.8 Å². The largest absolute Gasteiger partial charge is 0.465 e. The van der Waals surface area contributed by atoms with Gasteiger partial charge in [-0.3, -0.25) is 4.79 Å². The van der Waals surface area contributed by atoms with Crippen LogP contribution in [0.1, 0.15) is 21.5 Å². The van der Waals surface area contributed by atoms with Gasteiger partial charge in [-0.25, -0.2) is 14.5 Å². The molecule has 0 spiro atoms. The highest BCUT2D eigenvalue weighted by Crippen LogP contribution is 2.23. The molecule has 0 amide bonds. The Bertz CT molecular complexity index is 1010. The molecular weight excluding hydrogens is 338 g/mol. The first-order valence-corrected chi connectivity index (χ1v) is 8.57. The van der Waals surface area contributed by atoms with E-state index in [1.165, 1.54) is 31.0 Å². The van der Waals surface area contributed by atoms with Gasteiger partial charge in [0.25, 0.3) is 5.56 Å². The Hall–Kier alpha value is -2.80. The number of rotatable bonds is 4. The van der Waals surface area contributed by atoms with Crippen LogP contribution in [0, 0.1) is 6.92 Å². The first kappa shape index (κ1) is 17.0. The van der Waals surface area contributed by atoms with Crippen LogP contribution in [-0.4, -0.2) is 22.7 Å². The van der Waals surface area contributed by atoms with Gasteiger partial charge in [-0.2, -0.15) is 0 Å². The van der Waals surface area contributed by atoms with Crippen molar-refractivity contribution in [3.63, 3.8) is 0 Å². The predicted octanol–water partition coefficient (Wildman–Crippen LogP) is 2.50. The van der Waals surface area contributed by atoms with Gasteiger partial charge in [0.15, 0.2) is 5.16 Å². The van der Waals surface area contributed by atoms with Crippen molar-refractivity contribution in [3.8, 4) is 0 Å². The van der Waals surface area contributed by atoms with Crippen LogP contribution in [-0.2, 0) is 10.5 Å². The number of nitrogen functional groups attached to an aromatic ring is 1. The van der Waals surface area contributed by atoms with Crippen LogP contribution in [0.25, 0.3) is 10.9 Å². The van der Waals surface area contributed by atoms with E-state index in [9.17, 15) is 9.59 Å². The molecule has 1 heterocycles. The predicted molar refractivity (Wildman–Crippen MR) is 98.2 cm³/mol. The molecule has 0 saturated heterocycles. The van der Waals surface area contributed by atoms with Gasteiger partial charge in [0.1, 0.15) is 0 Å². The molecule has 1 aromatic heterocycles. The SMILES string of the molecule is COC(=O)c1ccc2c(=O)n(N)c(SCc3ccccc3C)nc2c1. The lowest BCUT2D eigenvalue weighted by Crippen LogP contribution is -2.29. The van der Waals surface area contributed by atoms with Crippen molar-refractivity contribution in [1.29, 1.82) is 0 Å². The number of aryl methyl sites for hydroxylation is 1. The van der Waals surface area contributed by atoms with Crippen molar-refractivity contribution >= 4 is 28.6 Å². The second-order valence-electron chi connectivity index (χ2n) is 5.51. The van der Waals surface area contributed by atoms with Crippen LogP contribution in [0.15, 0.2) is 52.4 Å². The highest BCUT2D eigenvalue weighted by atomic mass is 32.2. The molecule has 0 saturated carbocycles. The molecule has 0 radical (unpaired) electrons. The Morgan fingerprint density at radius 2 is 2.04 bits per heavy atom. The number of nitrogens with zero attached hydrogens (tertiary/aromatic N) is 2. The molecule has 0 bridgehead atoms. The molecule has 0 aliphatic rings. The maximum Gasteiger partial charge on any atom is 0.337 e. The number of carbonyl (C=O) groups is 1. The first-order chi connectivity index (χ1) is 12.0. The van der Waals surface area contributed by atoms with E-state index in [-0.39, 0.29) is 5.56 Å². The lowest BCUT2D eigenvalue weighted by atomic mass is 10.1. The Morgan fingerprint density at radius 3 is 2.76 bits per heavy atom. The minimum atomic E-state index is -0.477. The molecule has 0 unspecified atom stereocenters. The summed E-state index contributed by atoms with van der Waals surface area (Å²) in [6.45, 7) is 2.03. The summed E-state index contributed by atoms with van der Waals surface area (Å²) in [5.74, 6) is 6.06. The summed E-state index contributed by atoms with van der Waals surface area (Å²) in [7, 11) is 1.31. The zero-order valence-electron chi connectivity index (χ0n) is 13.9. The van der Waals surface area contributed by atoms with Gasteiger partial charge in [0.2, 0.25) is 0 Å². The number of esters is 1. The third-order valence-electron chi connectivity index (χ3n) is 3.91. The van der Waals surface area contributed by atoms with Crippen LogP contribution in [0.5, 0.6) is 0 Å². The maximum absolute atomic E-state index is 12.4. The Kier molecular flexibility index (Phi) is 4.76. The van der Waals surface area contributed by atoms with E-state index in [2.05, 4.69) is 4.98 Å². The molecule has 128 valence electrons. The zero-order valence-corrected chi connectivity index (χ0v) is 14.7. The number of carbonyl (C=O) groups excluding carboxylic acids is 1. The normalized spacial score (nSPS) is 10.8. The van der Waals surface area contributed by atoms with E-state index < -0.39 is 5.97 Å². The minimum absolute atomic E-state index is 0.339. The second kappa shape index (κ2) is 6.98. The summed E-state index contributed by atoms with van der Waals surface area (Å²) >= 11 is 1.37. The molecular formula is C18H17N3O3S. The molecule has 6 nitrogen and oxygen atoms in total. The van der Waals surface area contributed by atoms with Crippen LogP contribution in [0.2, 0.25) is 0 Å². The second-order valence-corrected chi connectivity index (χ2v) is 6.45. The quantitative estimate of drug-likeness (QED) is 0.335. The van der Waals surface area contributed by atoms with Crippen LogP contribution < -0.4 is 11.4 Å². The van der Waals surface area contributed by atoms with Gasteiger partial charge >= 0.3 is 5.97 Å². The lowest BCUT2D eigenvalue weighted by Gasteiger charge is -2.10. The van der Waals surface area contributed by atoms with Crippen molar-refractivity contribution in [3.05, 3.63) is 69.5 Å². The van der Waals surface area contributed by atoms with Gasteiger partial charge in [-0.1, -0.05) is 36.0 Å². The molecule has 0 fully saturated rings. The number of hydrogen-bond donors (Lipinski definition) is 1. The number of benzene rings is 2. The standard InChI is InChI=1S/C18H17N3O3S/c1-11-5-3-4-6-13(11)10-25-18-20-15-9-12(17(23)24-2)7-8-14(15)16(22)21(18)19/h3-9H,10,19H2,1-2H3. The van der Waals surface area contributed by atoms with E-state index >= 15 is 0 Å². The fourth-order valence-electron chi connectivity index (χ4n) is 2.44. The minimum Gasteiger partial charge on any atom is -0.465 e. The van der Waals surface area contributed by atoms with Crippen molar-refractivity contribution in [2.24, 2.45) is 0 Å². The fourth-order valence-corrected chi connectivity index (χ4v) is 3.43. The Labute approximate surface area is 148 Å². The highest BCUT2D eigenvalue weighted by Gasteiger charge is 2.13. The third kappa shape index (κ3) is 3.36. The Balaban J connectivity index is 2.00. The molecule has 3 aromatic rings. The average Bonchev–Trinajstić information content (AvgIpc) is 2.63. The van der Waals surface area contributed by atoms with Crippen molar-refractivity contribution in [2.45, 2.75) is 17.8 Å². The van der Waals surface area contributed by atoms with Crippen molar-refractivity contribution in [2.75, 3.05) is 13.0 Å². The average molecular weight is 355 g/mol. The van der Waals surface area contributed by atoms with Crippen molar-refractivity contribution < 1.29 is 9.53 Å². The molecule has 2 aromatic carbocycles. The topological polar surface area (TPSA) is 87.2 Å². The smallest absolute Gasteiger partial charge is 0.337 e. The van der Waals surface area contributed by atoms with Crippen LogP contribution in [0.3, 0.4) is 0 Å². The highest BCUT2D eigenvalue weighted by molar-refractivity contribution is 7.98. The maximum atomic E-state index is 12.4. The number of thioether (sulfide) groups is 1. The summed E-state index contributed by atoms with van der Waals surface area (Å²) in [5, 5.41) is 0.748. The molecule has 3 rings (SSSR count). The molecule has 0 atom stereocenters. The van der Waals surface area contributed by atoms with Crippen LogP contribution in [0.4, 0.5) is 0 Å². The van der Waals surface area contributed by atoms with Gasteiger partial charge in [0, 0.05) is 5.75 Å². The first-order valence-electron chi connectivity index (χ1n) is 7.58. The number of methoxy groups -OCH3 is 1. The van der Waals surface area contributed by atoms with Gasteiger partial charge in [-0.05, 0) is 36.2 Å². The summed E-state index contributed by atoms with van der Waals surface area (Å²) in [6, 6.07) is 12.6. The zero-order chi connectivity index (χ0) is 18.0. The number of hydrogen-bond acceptors (Lipinski definition) is 6. The monoisotopic (exact) mass is 355 g/mol. The lowest BCUT2D eigenvalue weighted by molar-refractivity contribution is 0.0601. The van der Waals surface area contributed by atoms with Gasteiger partial charge in [-0.15, -0.1) is 0 Å². The summed E-state index contributed by atoms with van der Waals surface area (Å²) in [4.78, 5) is 28.6. The third-order valence-corrected chi connectivity index (χ3v) is 4.91. The Morgan fingerprint density at radius 1 is 1.28 bits per heavy atom. The van der Waals surface area contributed by atoms with E-state index in [1.807, 2.05) is 31.2 Å². The molecule has 0 aliphatic carbocycles. The number of fused-ring (bicyclic) bond motifs is 1. The van der Waals surface area contributed by atoms with Crippen molar-refractivity contribution in [1.82, 2.24) is 9.66 Å². The molecule has 25 heavy (non-hydrogen) atoms. The number of nitrogens with two attached hydrogens (primary N) is 1. The van der Waals surface area contributed by atoms with Gasteiger partial charge < -0.3 is 10.6 Å². The summed E-state index contributed by atoms with van der Waals surface area (Å²) in [5.41, 5.74) is 2.71. The van der Waals surface area contributed by atoms with E-state index in [0.29, 0.717) is 27.4 Å².